The molecule has 0 aromatic heterocycles. The van der Waals surface area contributed by atoms with Crippen LogP contribution in [0.15, 0.2) is 27.7 Å². The van der Waals surface area contributed by atoms with Crippen molar-refractivity contribution in [3.63, 3.8) is 0 Å². The van der Waals surface area contributed by atoms with Crippen molar-refractivity contribution >= 4 is 22.3 Å². The number of halogens is 1. The van der Waals surface area contributed by atoms with Crippen LogP contribution >= 0.6 is 15.9 Å². The van der Waals surface area contributed by atoms with E-state index < -0.39 is 5.54 Å². The maximum atomic E-state index is 6.48. The number of hydrogen-bond acceptors (Lipinski definition) is 4. The molecule has 21 heavy (non-hydrogen) atoms. The summed E-state index contributed by atoms with van der Waals surface area (Å²) in [4.78, 5) is 4.79. The van der Waals surface area contributed by atoms with E-state index in [2.05, 4.69) is 22.0 Å². The Bertz CT molecular complexity index is 651. The van der Waals surface area contributed by atoms with Gasteiger partial charge in [-0.1, -0.05) is 15.9 Å². The zero-order valence-electron chi connectivity index (χ0n) is 11.6. The molecule has 2 fully saturated rings. The molecule has 3 aliphatic heterocycles. The van der Waals surface area contributed by atoms with Gasteiger partial charge in [0.2, 0.25) is 0 Å². The fourth-order valence-electron chi connectivity index (χ4n) is 4.49. The number of hydrogen-bond donors (Lipinski definition) is 0. The van der Waals surface area contributed by atoms with E-state index >= 15 is 0 Å². The number of aliphatic imine (C=N–C) groups is 1. The number of ether oxygens (including phenoxy) is 3. The van der Waals surface area contributed by atoms with Gasteiger partial charge in [0.1, 0.15) is 23.6 Å². The van der Waals surface area contributed by atoms with Crippen molar-refractivity contribution in [1.82, 2.24) is 0 Å². The van der Waals surface area contributed by atoms with Gasteiger partial charge in [0, 0.05) is 16.5 Å². The Morgan fingerprint density at radius 2 is 2.05 bits per heavy atom. The summed E-state index contributed by atoms with van der Waals surface area (Å²) in [5.41, 5.74) is 0.0435. The summed E-state index contributed by atoms with van der Waals surface area (Å²) in [6.07, 6.45) is 5.85. The van der Waals surface area contributed by atoms with Crippen LogP contribution in [0.4, 0.5) is 0 Å². The highest BCUT2D eigenvalue weighted by Crippen LogP contribution is 2.65. The number of rotatable bonds is 0. The SMILES string of the molecule is Brc1ccc2c(c1)C1(COC=N1)C1(CCO1)C1(CCC1)O2. The van der Waals surface area contributed by atoms with Crippen LogP contribution in [-0.4, -0.2) is 30.8 Å². The van der Waals surface area contributed by atoms with E-state index in [0.29, 0.717) is 6.61 Å². The monoisotopic (exact) mass is 349 g/mol. The van der Waals surface area contributed by atoms with Crippen LogP contribution in [0.1, 0.15) is 31.2 Å². The molecule has 1 aromatic carbocycles. The average Bonchev–Trinajstić information content (AvgIpc) is 2.86. The summed E-state index contributed by atoms with van der Waals surface area (Å²) in [5.74, 6) is 0.932. The second-order valence-corrected chi connectivity index (χ2v) is 7.34. The Hall–Kier alpha value is -1.07. The fraction of sp³-hybridized carbons (Fsp3) is 0.562. The van der Waals surface area contributed by atoms with Crippen LogP contribution in [-0.2, 0) is 15.0 Å². The molecule has 2 atom stereocenters. The summed E-state index contributed by atoms with van der Waals surface area (Å²) in [6.45, 7) is 1.33. The molecule has 4 nitrogen and oxygen atoms in total. The van der Waals surface area contributed by atoms with E-state index in [1.165, 1.54) is 6.42 Å². The van der Waals surface area contributed by atoms with Gasteiger partial charge >= 0.3 is 0 Å². The molecular formula is C16H16BrNO3. The van der Waals surface area contributed by atoms with Crippen LogP contribution < -0.4 is 4.74 Å². The Morgan fingerprint density at radius 3 is 2.62 bits per heavy atom. The maximum absolute atomic E-state index is 6.48. The van der Waals surface area contributed by atoms with Crippen molar-refractivity contribution in [3.05, 3.63) is 28.2 Å². The molecule has 0 N–H and O–H groups in total. The largest absolute Gasteiger partial charge is 0.484 e. The molecule has 2 unspecified atom stereocenters. The van der Waals surface area contributed by atoms with Crippen molar-refractivity contribution in [1.29, 1.82) is 0 Å². The highest BCUT2D eigenvalue weighted by Gasteiger charge is 2.75. The molecule has 3 spiro atoms. The zero-order valence-corrected chi connectivity index (χ0v) is 13.2. The van der Waals surface area contributed by atoms with Crippen molar-refractivity contribution in [2.24, 2.45) is 4.99 Å². The van der Waals surface area contributed by atoms with E-state index in [1.54, 1.807) is 6.40 Å². The van der Waals surface area contributed by atoms with E-state index in [1.807, 2.05) is 12.1 Å². The molecule has 1 saturated heterocycles. The predicted octanol–water partition coefficient (Wildman–Crippen LogP) is 3.18. The van der Waals surface area contributed by atoms with Gasteiger partial charge in [0.25, 0.3) is 0 Å². The third-order valence-corrected chi connectivity index (χ3v) is 6.19. The highest BCUT2D eigenvalue weighted by molar-refractivity contribution is 9.10. The van der Waals surface area contributed by atoms with Gasteiger partial charge in [-0.3, -0.25) is 0 Å². The highest BCUT2D eigenvalue weighted by atomic mass is 79.9. The molecule has 4 aliphatic rings. The summed E-state index contributed by atoms with van der Waals surface area (Å²) in [6, 6.07) is 6.18. The number of nitrogens with zero attached hydrogens (tertiary/aromatic N) is 1. The normalized spacial score (nSPS) is 37.8. The molecule has 0 radical (unpaired) electrons. The minimum absolute atomic E-state index is 0.225. The molecule has 3 heterocycles. The summed E-state index contributed by atoms with van der Waals surface area (Å²) >= 11 is 3.57. The van der Waals surface area contributed by atoms with Crippen LogP contribution in [0.3, 0.4) is 0 Å². The first-order valence-corrected chi connectivity index (χ1v) is 8.29. The van der Waals surface area contributed by atoms with Crippen molar-refractivity contribution in [3.8, 4) is 5.75 Å². The Morgan fingerprint density at radius 1 is 1.19 bits per heavy atom. The van der Waals surface area contributed by atoms with Crippen LogP contribution in [0.5, 0.6) is 5.75 Å². The Balaban J connectivity index is 1.79. The van der Waals surface area contributed by atoms with Crippen LogP contribution in [0.2, 0.25) is 0 Å². The lowest BCUT2D eigenvalue weighted by atomic mass is 9.54. The first-order valence-electron chi connectivity index (χ1n) is 7.50. The lowest BCUT2D eigenvalue weighted by Gasteiger charge is -2.66. The average molecular weight is 350 g/mol. The molecule has 110 valence electrons. The van der Waals surface area contributed by atoms with Crippen molar-refractivity contribution < 1.29 is 14.2 Å². The molecule has 5 heteroatoms. The first-order chi connectivity index (χ1) is 10.2. The number of benzene rings is 1. The van der Waals surface area contributed by atoms with Gasteiger partial charge in [-0.2, -0.15) is 0 Å². The fourth-order valence-corrected chi connectivity index (χ4v) is 4.85. The van der Waals surface area contributed by atoms with Gasteiger partial charge in [-0.05, 0) is 37.5 Å². The van der Waals surface area contributed by atoms with Gasteiger partial charge < -0.3 is 14.2 Å². The summed E-state index contributed by atoms with van der Waals surface area (Å²) in [5, 5.41) is 0. The van der Waals surface area contributed by atoms with Crippen LogP contribution in [0.25, 0.3) is 0 Å². The molecule has 1 aromatic rings. The molecule has 1 saturated carbocycles. The zero-order chi connectivity index (χ0) is 14.1. The van der Waals surface area contributed by atoms with Gasteiger partial charge in [0.15, 0.2) is 11.9 Å². The minimum Gasteiger partial charge on any atom is -0.484 e. The summed E-state index contributed by atoms with van der Waals surface area (Å²) < 4.78 is 19.3. The quantitative estimate of drug-likeness (QED) is 0.722. The smallest absolute Gasteiger partial charge is 0.170 e. The predicted molar refractivity (Wildman–Crippen MR) is 80.8 cm³/mol. The second-order valence-electron chi connectivity index (χ2n) is 6.42. The minimum atomic E-state index is -0.455. The first kappa shape index (κ1) is 12.5. The van der Waals surface area contributed by atoms with Crippen LogP contribution in [0, 0.1) is 0 Å². The van der Waals surface area contributed by atoms with E-state index in [-0.39, 0.29) is 11.2 Å². The Labute approximate surface area is 131 Å². The van der Waals surface area contributed by atoms with Crippen molar-refractivity contribution in [2.45, 2.75) is 42.4 Å². The lowest BCUT2D eigenvalue weighted by Crippen LogP contribution is -2.78. The van der Waals surface area contributed by atoms with E-state index in [9.17, 15) is 0 Å². The van der Waals surface area contributed by atoms with Crippen molar-refractivity contribution in [2.75, 3.05) is 13.2 Å². The molecule has 5 rings (SSSR count). The topological polar surface area (TPSA) is 40.0 Å². The van der Waals surface area contributed by atoms with Gasteiger partial charge in [0.05, 0.1) is 6.61 Å². The van der Waals surface area contributed by atoms with E-state index in [4.69, 9.17) is 19.2 Å². The van der Waals surface area contributed by atoms with Gasteiger partial charge in [-0.25, -0.2) is 4.99 Å². The molecular weight excluding hydrogens is 334 g/mol. The summed E-state index contributed by atoms with van der Waals surface area (Å²) in [7, 11) is 0. The third-order valence-electron chi connectivity index (χ3n) is 5.70. The number of fused-ring (bicyclic) bond motifs is 4. The maximum Gasteiger partial charge on any atom is 0.170 e. The third kappa shape index (κ3) is 1.25. The second kappa shape index (κ2) is 3.82. The standard InChI is InChI=1S/C16H16BrNO3/c17-11-2-3-13-12(8-11)15(9-19-10-18-15)16(6-7-20-16)14(21-13)4-1-5-14/h2-3,8,10H,1,4-7,9H2. The van der Waals surface area contributed by atoms with Gasteiger partial charge in [-0.15, -0.1) is 0 Å². The lowest BCUT2D eigenvalue weighted by molar-refractivity contribution is -0.307. The molecule has 0 amide bonds. The molecule has 0 bridgehead atoms. The van der Waals surface area contributed by atoms with E-state index in [0.717, 1.165) is 41.7 Å². The Kier molecular flexibility index (Phi) is 2.27. The molecule has 1 aliphatic carbocycles.